The molecule has 11 rings (SSSR count). The van der Waals surface area contributed by atoms with Crippen molar-refractivity contribution in [1.29, 1.82) is 0 Å². The fourth-order valence-corrected chi connectivity index (χ4v) is 7.91. The first kappa shape index (κ1) is 27.9. The van der Waals surface area contributed by atoms with Gasteiger partial charge in [0.1, 0.15) is 5.58 Å². The maximum absolute atomic E-state index is 6.48. The molecule has 0 saturated heterocycles. The van der Waals surface area contributed by atoms with Crippen molar-refractivity contribution < 1.29 is 4.42 Å². The van der Waals surface area contributed by atoms with Crippen LogP contribution in [-0.4, -0.2) is 19.1 Å². The van der Waals surface area contributed by atoms with Gasteiger partial charge in [0, 0.05) is 38.2 Å². The van der Waals surface area contributed by atoms with E-state index in [9.17, 15) is 0 Å². The highest BCUT2D eigenvalue weighted by atomic mass is 16.3. The lowest BCUT2D eigenvalue weighted by atomic mass is 10.0. The lowest BCUT2D eigenvalue weighted by Crippen LogP contribution is -2.02. The molecule has 7 aromatic carbocycles. The number of rotatable bonds is 4. The highest BCUT2D eigenvalue weighted by Crippen LogP contribution is 2.40. The Kier molecular flexibility index (Phi) is 5.89. The Morgan fingerprint density at radius 3 is 1.73 bits per heavy atom. The van der Waals surface area contributed by atoms with Gasteiger partial charge in [0.15, 0.2) is 0 Å². The van der Waals surface area contributed by atoms with E-state index >= 15 is 0 Å². The molecule has 11 aromatic rings. The fourth-order valence-electron chi connectivity index (χ4n) is 7.91. The molecule has 0 radical (unpaired) electrons. The van der Waals surface area contributed by atoms with E-state index in [0.717, 1.165) is 71.5 Å². The average molecular weight is 653 g/mol. The van der Waals surface area contributed by atoms with Crippen molar-refractivity contribution in [3.05, 3.63) is 170 Å². The maximum Gasteiger partial charge on any atom is 0.238 e. The summed E-state index contributed by atoms with van der Waals surface area (Å²) in [6.45, 7) is 0. The van der Waals surface area contributed by atoms with E-state index in [1.165, 1.54) is 16.5 Å². The number of benzene rings is 7. The van der Waals surface area contributed by atoms with Gasteiger partial charge in [-0.05, 0) is 59.7 Å². The van der Waals surface area contributed by atoms with Crippen molar-refractivity contribution in [2.75, 3.05) is 0 Å². The van der Waals surface area contributed by atoms with Crippen LogP contribution < -0.4 is 0 Å². The zero-order valence-corrected chi connectivity index (χ0v) is 27.4. The van der Waals surface area contributed by atoms with E-state index in [2.05, 4.69) is 161 Å². The van der Waals surface area contributed by atoms with E-state index in [-0.39, 0.29) is 0 Å². The summed E-state index contributed by atoms with van der Waals surface area (Å²) in [6, 6.07) is 59.7. The molecule has 4 aromatic heterocycles. The molecule has 0 aliphatic carbocycles. The SMILES string of the molecule is c1ccc(-c2cccc(-n3c4ccccc4c4cc(-c5nc(-n6c7ccccc7c7ccccc76)nc6oc7ccccc7c56)ccc43)c2)cc1. The molecule has 0 aliphatic rings. The van der Waals surface area contributed by atoms with Crippen molar-refractivity contribution in [3.63, 3.8) is 0 Å². The van der Waals surface area contributed by atoms with Crippen LogP contribution >= 0.6 is 0 Å². The summed E-state index contributed by atoms with van der Waals surface area (Å²) < 4.78 is 11.0. The lowest BCUT2D eigenvalue weighted by molar-refractivity contribution is 0.651. The third-order valence-electron chi connectivity index (χ3n) is 10.2. The van der Waals surface area contributed by atoms with Gasteiger partial charge in [-0.15, -0.1) is 0 Å². The van der Waals surface area contributed by atoms with Crippen LogP contribution in [0.3, 0.4) is 0 Å². The normalized spacial score (nSPS) is 11.9. The molecule has 238 valence electrons. The van der Waals surface area contributed by atoms with E-state index in [1.54, 1.807) is 0 Å². The minimum atomic E-state index is 0.568. The number of hydrogen-bond acceptors (Lipinski definition) is 3. The Balaban J connectivity index is 1.18. The predicted octanol–water partition coefficient (Wildman–Crippen LogP) is 11.9. The first-order chi connectivity index (χ1) is 25.3. The Bertz CT molecular complexity index is 3090. The third kappa shape index (κ3) is 4.15. The van der Waals surface area contributed by atoms with Crippen molar-refractivity contribution in [1.82, 2.24) is 19.1 Å². The van der Waals surface area contributed by atoms with E-state index in [0.29, 0.717) is 11.7 Å². The first-order valence-electron chi connectivity index (χ1n) is 17.2. The van der Waals surface area contributed by atoms with Crippen LogP contribution in [0.1, 0.15) is 0 Å². The minimum Gasteiger partial charge on any atom is -0.437 e. The summed E-state index contributed by atoms with van der Waals surface area (Å²) in [5, 5.41) is 6.57. The van der Waals surface area contributed by atoms with Crippen LogP contribution in [0.4, 0.5) is 0 Å². The van der Waals surface area contributed by atoms with Crippen molar-refractivity contribution in [2.24, 2.45) is 0 Å². The summed E-state index contributed by atoms with van der Waals surface area (Å²) in [7, 11) is 0. The third-order valence-corrected chi connectivity index (χ3v) is 10.2. The molecule has 5 heteroatoms. The van der Waals surface area contributed by atoms with Gasteiger partial charge in [0.2, 0.25) is 11.7 Å². The topological polar surface area (TPSA) is 48.8 Å². The summed E-state index contributed by atoms with van der Waals surface area (Å²) in [5.74, 6) is 0.578. The number of furan rings is 1. The van der Waals surface area contributed by atoms with Crippen LogP contribution in [0.25, 0.3) is 99.7 Å². The molecule has 0 spiro atoms. The van der Waals surface area contributed by atoms with Gasteiger partial charge < -0.3 is 8.98 Å². The minimum absolute atomic E-state index is 0.568. The van der Waals surface area contributed by atoms with E-state index in [4.69, 9.17) is 14.4 Å². The quantitative estimate of drug-likeness (QED) is 0.190. The Morgan fingerprint density at radius 1 is 0.392 bits per heavy atom. The standard InChI is InChI=1S/C46H28N4O/c1-2-13-29(14-3-1)30-15-12-16-32(27-30)49-38-21-8-6-19-35(38)37-28-31(25-26-41(37)49)44-43-36-20-7-11-24-42(36)51-45(43)48-46(47-44)50-39-22-9-4-17-33(39)34-18-5-10-23-40(34)50/h1-28H. The molecule has 0 fully saturated rings. The molecule has 0 saturated carbocycles. The second kappa shape index (κ2) is 10.8. The smallest absolute Gasteiger partial charge is 0.238 e. The molecule has 51 heavy (non-hydrogen) atoms. The van der Waals surface area contributed by atoms with Gasteiger partial charge >= 0.3 is 0 Å². The van der Waals surface area contributed by atoms with Crippen LogP contribution in [-0.2, 0) is 0 Å². The van der Waals surface area contributed by atoms with Crippen LogP contribution in [0.5, 0.6) is 0 Å². The van der Waals surface area contributed by atoms with Crippen LogP contribution in [0.15, 0.2) is 174 Å². The predicted molar refractivity (Wildman–Crippen MR) is 209 cm³/mol. The van der Waals surface area contributed by atoms with Crippen molar-refractivity contribution in [2.45, 2.75) is 0 Å². The Hall–Kier alpha value is -6.98. The summed E-state index contributed by atoms with van der Waals surface area (Å²) in [5.41, 5.74) is 11.1. The largest absolute Gasteiger partial charge is 0.437 e. The molecule has 0 N–H and O–H groups in total. The van der Waals surface area contributed by atoms with E-state index < -0.39 is 0 Å². The number of para-hydroxylation sites is 4. The Labute approximate surface area is 292 Å². The van der Waals surface area contributed by atoms with Crippen molar-refractivity contribution in [3.8, 4) is 34.0 Å². The summed E-state index contributed by atoms with van der Waals surface area (Å²) in [6.07, 6.45) is 0. The zero-order valence-electron chi connectivity index (χ0n) is 27.4. The molecule has 0 aliphatic heterocycles. The fraction of sp³-hybridized carbons (Fsp3) is 0. The number of nitrogens with zero attached hydrogens (tertiary/aromatic N) is 4. The highest BCUT2D eigenvalue weighted by molar-refractivity contribution is 6.14. The molecule has 0 unspecified atom stereocenters. The second-order valence-corrected chi connectivity index (χ2v) is 13.0. The van der Waals surface area contributed by atoms with Gasteiger partial charge in [-0.2, -0.15) is 4.98 Å². The van der Waals surface area contributed by atoms with Crippen molar-refractivity contribution >= 4 is 65.7 Å². The van der Waals surface area contributed by atoms with Gasteiger partial charge in [-0.25, -0.2) is 4.98 Å². The number of aromatic nitrogens is 4. The molecule has 0 atom stereocenters. The summed E-state index contributed by atoms with van der Waals surface area (Å²) >= 11 is 0. The first-order valence-corrected chi connectivity index (χ1v) is 17.2. The molecular weight excluding hydrogens is 625 g/mol. The molecule has 4 heterocycles. The lowest BCUT2D eigenvalue weighted by Gasteiger charge is -2.11. The monoisotopic (exact) mass is 652 g/mol. The molecule has 5 nitrogen and oxygen atoms in total. The second-order valence-electron chi connectivity index (χ2n) is 13.0. The molecular formula is C46H28N4O. The van der Waals surface area contributed by atoms with Gasteiger partial charge in [-0.3, -0.25) is 4.57 Å². The summed E-state index contributed by atoms with van der Waals surface area (Å²) in [4.78, 5) is 10.5. The molecule has 0 bridgehead atoms. The van der Waals surface area contributed by atoms with Gasteiger partial charge in [-0.1, -0.05) is 121 Å². The number of fused-ring (bicyclic) bond motifs is 9. The van der Waals surface area contributed by atoms with E-state index in [1.807, 2.05) is 18.2 Å². The number of hydrogen-bond donors (Lipinski definition) is 0. The van der Waals surface area contributed by atoms with Gasteiger partial charge in [0.05, 0.1) is 33.1 Å². The average Bonchev–Trinajstić information content (AvgIpc) is 3.85. The molecule has 0 amide bonds. The van der Waals surface area contributed by atoms with Crippen LogP contribution in [0, 0.1) is 0 Å². The highest BCUT2D eigenvalue weighted by Gasteiger charge is 2.22. The maximum atomic E-state index is 6.48. The zero-order chi connectivity index (χ0) is 33.5. The van der Waals surface area contributed by atoms with Gasteiger partial charge in [0.25, 0.3) is 0 Å². The Morgan fingerprint density at radius 2 is 0.980 bits per heavy atom. The van der Waals surface area contributed by atoms with Crippen LogP contribution in [0.2, 0.25) is 0 Å².